The van der Waals surface area contributed by atoms with Gasteiger partial charge in [0.15, 0.2) is 11.6 Å². The molecule has 0 amide bonds. The van der Waals surface area contributed by atoms with E-state index in [0.29, 0.717) is 12.8 Å². The highest BCUT2D eigenvalue weighted by molar-refractivity contribution is 5.98. The molecule has 0 aromatic carbocycles. The van der Waals surface area contributed by atoms with Gasteiger partial charge in [0.2, 0.25) is 0 Å². The van der Waals surface area contributed by atoms with E-state index >= 15 is 0 Å². The first-order valence-electron chi connectivity index (χ1n) is 4.44. The Morgan fingerprint density at radius 1 is 0.917 bits per heavy atom. The Morgan fingerprint density at radius 3 is 1.50 bits per heavy atom. The van der Waals surface area contributed by atoms with Crippen molar-refractivity contribution in [1.29, 1.82) is 0 Å². The summed E-state index contributed by atoms with van der Waals surface area (Å²) >= 11 is 0. The minimum atomic E-state index is 0.0435. The molecule has 0 aromatic rings. The maximum absolute atomic E-state index is 10.9. The number of allylic oxidation sites excluding steroid dienone is 2. The summed E-state index contributed by atoms with van der Waals surface area (Å²) in [5.41, 5.74) is 0. The van der Waals surface area contributed by atoms with Crippen molar-refractivity contribution in [3.8, 4) is 0 Å². The highest BCUT2D eigenvalue weighted by Gasteiger charge is 1.96. The third-order valence-corrected chi connectivity index (χ3v) is 1.45. The molecule has 0 atom stereocenters. The molecule has 12 heavy (non-hydrogen) atoms. The van der Waals surface area contributed by atoms with Gasteiger partial charge in [-0.3, -0.25) is 9.59 Å². The van der Waals surface area contributed by atoms with Crippen LogP contribution in [0.15, 0.2) is 12.2 Å². The van der Waals surface area contributed by atoms with Crippen LogP contribution in [0.4, 0.5) is 0 Å². The SMILES string of the molecule is CCCC(=O)C=CC(=O)CCC. The molecule has 2 heteroatoms. The van der Waals surface area contributed by atoms with Crippen molar-refractivity contribution in [2.75, 3.05) is 0 Å². The van der Waals surface area contributed by atoms with Gasteiger partial charge in [-0.1, -0.05) is 13.8 Å². The number of ketones is 2. The lowest BCUT2D eigenvalue weighted by Gasteiger charge is -1.89. The summed E-state index contributed by atoms with van der Waals surface area (Å²) in [5.74, 6) is 0.0870. The van der Waals surface area contributed by atoms with Gasteiger partial charge in [0.05, 0.1) is 0 Å². The van der Waals surface area contributed by atoms with E-state index in [-0.39, 0.29) is 11.6 Å². The second kappa shape index (κ2) is 6.77. The summed E-state index contributed by atoms with van der Waals surface area (Å²) in [5, 5.41) is 0. The van der Waals surface area contributed by atoms with Crippen molar-refractivity contribution in [2.45, 2.75) is 39.5 Å². The number of rotatable bonds is 6. The smallest absolute Gasteiger partial charge is 0.155 e. The quantitative estimate of drug-likeness (QED) is 0.570. The highest BCUT2D eigenvalue weighted by atomic mass is 16.1. The molecule has 0 aliphatic rings. The van der Waals surface area contributed by atoms with Gasteiger partial charge in [-0.2, -0.15) is 0 Å². The second-order valence-electron chi connectivity index (χ2n) is 2.77. The molecule has 0 saturated heterocycles. The van der Waals surface area contributed by atoms with Crippen LogP contribution in [0.2, 0.25) is 0 Å². The molecular formula is C10H16O2. The molecule has 0 aromatic heterocycles. The van der Waals surface area contributed by atoms with E-state index in [1.165, 1.54) is 12.2 Å². The average Bonchev–Trinajstić information content (AvgIpc) is 2.02. The minimum Gasteiger partial charge on any atom is -0.295 e. The van der Waals surface area contributed by atoms with Crippen molar-refractivity contribution in [2.24, 2.45) is 0 Å². The van der Waals surface area contributed by atoms with Gasteiger partial charge in [0.25, 0.3) is 0 Å². The van der Waals surface area contributed by atoms with Gasteiger partial charge in [0.1, 0.15) is 0 Å². The van der Waals surface area contributed by atoms with Crippen LogP contribution in [0, 0.1) is 0 Å². The summed E-state index contributed by atoms with van der Waals surface area (Å²) in [4.78, 5) is 21.8. The fourth-order valence-corrected chi connectivity index (χ4v) is 0.845. The lowest BCUT2D eigenvalue weighted by molar-refractivity contribution is -0.116. The van der Waals surface area contributed by atoms with Crippen LogP contribution < -0.4 is 0 Å². The molecular weight excluding hydrogens is 152 g/mol. The molecule has 0 rings (SSSR count). The van der Waals surface area contributed by atoms with Crippen molar-refractivity contribution < 1.29 is 9.59 Å². The molecule has 0 heterocycles. The first kappa shape index (κ1) is 11.1. The number of hydrogen-bond donors (Lipinski definition) is 0. The second-order valence-corrected chi connectivity index (χ2v) is 2.77. The Morgan fingerprint density at radius 2 is 1.25 bits per heavy atom. The van der Waals surface area contributed by atoms with Crippen LogP contribution in [0.25, 0.3) is 0 Å². The Balaban J connectivity index is 3.73. The zero-order valence-electron chi connectivity index (χ0n) is 7.80. The fraction of sp³-hybridized carbons (Fsp3) is 0.600. The van der Waals surface area contributed by atoms with Crippen molar-refractivity contribution in [1.82, 2.24) is 0 Å². The average molecular weight is 168 g/mol. The summed E-state index contributed by atoms with van der Waals surface area (Å²) in [6.45, 7) is 3.89. The Hall–Kier alpha value is -0.920. The van der Waals surface area contributed by atoms with Gasteiger partial charge < -0.3 is 0 Å². The lowest BCUT2D eigenvalue weighted by Crippen LogP contribution is -1.95. The van der Waals surface area contributed by atoms with E-state index in [1.807, 2.05) is 13.8 Å². The Labute approximate surface area is 73.7 Å². The number of carbonyl (C=O) groups is 2. The molecule has 0 unspecified atom stereocenters. The van der Waals surface area contributed by atoms with Gasteiger partial charge >= 0.3 is 0 Å². The number of carbonyl (C=O) groups excluding carboxylic acids is 2. The van der Waals surface area contributed by atoms with Crippen LogP contribution >= 0.6 is 0 Å². The minimum absolute atomic E-state index is 0.0435. The molecule has 2 nitrogen and oxygen atoms in total. The fourth-order valence-electron chi connectivity index (χ4n) is 0.845. The maximum Gasteiger partial charge on any atom is 0.155 e. The van der Waals surface area contributed by atoms with Crippen molar-refractivity contribution >= 4 is 11.6 Å². The van der Waals surface area contributed by atoms with Crippen LogP contribution in [0.3, 0.4) is 0 Å². The zero-order chi connectivity index (χ0) is 9.40. The summed E-state index contributed by atoms with van der Waals surface area (Å²) in [6.07, 6.45) is 5.53. The van der Waals surface area contributed by atoms with Gasteiger partial charge in [-0.25, -0.2) is 0 Å². The Kier molecular flexibility index (Phi) is 6.25. The van der Waals surface area contributed by atoms with E-state index in [4.69, 9.17) is 0 Å². The molecule has 0 N–H and O–H groups in total. The third kappa shape index (κ3) is 5.83. The van der Waals surface area contributed by atoms with Crippen LogP contribution in [-0.2, 0) is 9.59 Å². The summed E-state index contributed by atoms with van der Waals surface area (Å²) in [7, 11) is 0. The Bertz CT molecular complexity index is 160. The maximum atomic E-state index is 10.9. The normalized spacial score (nSPS) is 10.5. The molecule has 0 saturated carbocycles. The summed E-state index contributed by atoms with van der Waals surface area (Å²) in [6, 6.07) is 0. The molecule has 0 aliphatic heterocycles. The largest absolute Gasteiger partial charge is 0.295 e. The highest BCUT2D eigenvalue weighted by Crippen LogP contribution is 1.94. The monoisotopic (exact) mass is 168 g/mol. The third-order valence-electron chi connectivity index (χ3n) is 1.45. The van der Waals surface area contributed by atoms with E-state index in [0.717, 1.165) is 12.8 Å². The van der Waals surface area contributed by atoms with Gasteiger partial charge in [0, 0.05) is 12.8 Å². The van der Waals surface area contributed by atoms with Crippen LogP contribution in [0.1, 0.15) is 39.5 Å². The van der Waals surface area contributed by atoms with Gasteiger partial charge in [-0.05, 0) is 25.0 Å². The summed E-state index contributed by atoms with van der Waals surface area (Å²) < 4.78 is 0. The first-order valence-corrected chi connectivity index (χ1v) is 4.44. The molecule has 68 valence electrons. The molecule has 0 radical (unpaired) electrons. The van der Waals surface area contributed by atoms with Crippen LogP contribution in [-0.4, -0.2) is 11.6 Å². The topological polar surface area (TPSA) is 34.1 Å². The van der Waals surface area contributed by atoms with E-state index < -0.39 is 0 Å². The van der Waals surface area contributed by atoms with E-state index in [2.05, 4.69) is 0 Å². The van der Waals surface area contributed by atoms with E-state index in [1.54, 1.807) is 0 Å². The van der Waals surface area contributed by atoms with Crippen molar-refractivity contribution in [3.63, 3.8) is 0 Å². The number of hydrogen-bond acceptors (Lipinski definition) is 2. The standard InChI is InChI=1S/C10H16O2/c1-3-5-9(11)7-8-10(12)6-4-2/h7-8H,3-6H2,1-2H3. The zero-order valence-corrected chi connectivity index (χ0v) is 7.80. The molecule has 0 spiro atoms. The van der Waals surface area contributed by atoms with Crippen molar-refractivity contribution in [3.05, 3.63) is 12.2 Å². The molecule has 0 fully saturated rings. The molecule has 0 aliphatic carbocycles. The van der Waals surface area contributed by atoms with Crippen LogP contribution in [0.5, 0.6) is 0 Å². The van der Waals surface area contributed by atoms with E-state index in [9.17, 15) is 9.59 Å². The predicted molar refractivity (Wildman–Crippen MR) is 49.0 cm³/mol. The lowest BCUT2D eigenvalue weighted by atomic mass is 10.2. The molecule has 0 bridgehead atoms. The predicted octanol–water partition coefficient (Wildman–Crippen LogP) is 2.28. The first-order chi connectivity index (χ1) is 5.70. The van der Waals surface area contributed by atoms with Gasteiger partial charge in [-0.15, -0.1) is 0 Å².